The van der Waals surface area contributed by atoms with E-state index in [1.807, 2.05) is 6.08 Å². The number of aliphatic carboxylic acids is 1. The molecule has 1 aliphatic heterocycles. The Morgan fingerprint density at radius 2 is 1.00 bits per heavy atom. The van der Waals surface area contributed by atoms with Crippen LogP contribution in [0.2, 0.25) is 0 Å². The minimum absolute atomic E-state index is 0.153. The van der Waals surface area contributed by atoms with Crippen molar-refractivity contribution in [2.24, 2.45) is 0 Å². The van der Waals surface area contributed by atoms with Crippen LogP contribution in [0.4, 0.5) is 0 Å². The second-order valence-corrected chi connectivity index (χ2v) is 15.5. The molecule has 4 N–H and O–H groups in total. The maximum atomic E-state index is 12.8. The standard InChI is InChI=1S/C49H80O11/c1-3-5-7-9-11-13-15-17-19-21-23-25-27-29-31-33-35-37-42(50)57-39-41(40-58-49-46(54)44(52)45(53)47(60-49)48(55)56)59-43(51)38-36-34-32-30-28-26-24-22-20-18-16-14-12-10-8-6-4-2/h5,7,11,13,17-20,23,25,29,31,41,44-47,49,52-54H,3-4,6,8-10,12,14-16,21-22,24,26-28,30,32-40H2,1-2H3,(H,55,56)/b7-5-,13-11-,19-17-,20-18-,25-23-,31-29-. The molecule has 1 fully saturated rings. The summed E-state index contributed by atoms with van der Waals surface area (Å²) < 4.78 is 21.7. The molecule has 6 unspecified atom stereocenters. The highest BCUT2D eigenvalue weighted by Gasteiger charge is 2.47. The molecule has 11 nitrogen and oxygen atoms in total. The number of ether oxygens (including phenoxy) is 4. The number of carbonyl (C=O) groups excluding carboxylic acids is 2. The van der Waals surface area contributed by atoms with E-state index in [0.29, 0.717) is 19.3 Å². The molecule has 0 spiro atoms. The quantitative estimate of drug-likeness (QED) is 0.0267. The van der Waals surface area contributed by atoms with Crippen molar-refractivity contribution < 1.29 is 53.8 Å². The minimum Gasteiger partial charge on any atom is -0.479 e. The lowest BCUT2D eigenvalue weighted by Crippen LogP contribution is -2.60. The number of unbranched alkanes of at least 4 members (excludes halogenated alkanes) is 14. The first kappa shape index (κ1) is 54.7. The number of hydrogen-bond donors (Lipinski definition) is 4. The molecule has 342 valence electrons. The highest BCUT2D eigenvalue weighted by atomic mass is 16.7. The summed E-state index contributed by atoms with van der Waals surface area (Å²) in [5.41, 5.74) is 0. The van der Waals surface area contributed by atoms with Crippen LogP contribution >= 0.6 is 0 Å². The van der Waals surface area contributed by atoms with Crippen molar-refractivity contribution in [3.63, 3.8) is 0 Å². The van der Waals surface area contributed by atoms with E-state index in [-0.39, 0.29) is 19.4 Å². The summed E-state index contributed by atoms with van der Waals surface area (Å²) >= 11 is 0. The smallest absolute Gasteiger partial charge is 0.335 e. The van der Waals surface area contributed by atoms with Crippen molar-refractivity contribution in [2.75, 3.05) is 13.2 Å². The van der Waals surface area contributed by atoms with E-state index in [4.69, 9.17) is 18.9 Å². The maximum absolute atomic E-state index is 12.8. The molecule has 0 aromatic carbocycles. The van der Waals surface area contributed by atoms with E-state index in [9.17, 15) is 34.8 Å². The molecule has 0 amide bonds. The monoisotopic (exact) mass is 845 g/mol. The number of esters is 2. The van der Waals surface area contributed by atoms with Crippen molar-refractivity contribution in [1.82, 2.24) is 0 Å². The van der Waals surface area contributed by atoms with Crippen LogP contribution in [0.15, 0.2) is 72.9 Å². The zero-order valence-electron chi connectivity index (χ0n) is 36.9. The second-order valence-electron chi connectivity index (χ2n) is 15.5. The minimum atomic E-state index is -1.87. The molecule has 0 radical (unpaired) electrons. The van der Waals surface area contributed by atoms with Gasteiger partial charge >= 0.3 is 17.9 Å². The second kappa shape index (κ2) is 38.6. The van der Waals surface area contributed by atoms with Crippen LogP contribution in [-0.4, -0.2) is 88.4 Å². The molecule has 1 rings (SSSR count). The largest absolute Gasteiger partial charge is 0.479 e. The predicted molar refractivity (Wildman–Crippen MR) is 238 cm³/mol. The molecule has 0 bridgehead atoms. The molecule has 0 aromatic heterocycles. The molecular formula is C49H80O11. The first-order chi connectivity index (χ1) is 29.2. The van der Waals surface area contributed by atoms with Crippen LogP contribution in [0.3, 0.4) is 0 Å². The van der Waals surface area contributed by atoms with Gasteiger partial charge in [-0.3, -0.25) is 9.59 Å². The Hall–Kier alpha value is -3.35. The number of aliphatic hydroxyl groups excluding tert-OH is 3. The number of carbonyl (C=O) groups is 3. The van der Waals surface area contributed by atoms with Gasteiger partial charge in [0.05, 0.1) is 6.61 Å². The zero-order valence-corrected chi connectivity index (χ0v) is 36.9. The number of carboxylic acids is 1. The van der Waals surface area contributed by atoms with Gasteiger partial charge in [-0.25, -0.2) is 4.79 Å². The number of hydrogen-bond acceptors (Lipinski definition) is 10. The van der Waals surface area contributed by atoms with Crippen molar-refractivity contribution in [3.05, 3.63) is 72.9 Å². The van der Waals surface area contributed by atoms with Crippen LogP contribution in [0.5, 0.6) is 0 Å². The highest BCUT2D eigenvalue weighted by molar-refractivity contribution is 5.73. The first-order valence-corrected chi connectivity index (χ1v) is 23.0. The van der Waals surface area contributed by atoms with Gasteiger partial charge in [-0.1, -0.05) is 151 Å². The fourth-order valence-corrected chi connectivity index (χ4v) is 6.44. The molecule has 1 saturated heterocycles. The number of aliphatic hydroxyl groups is 3. The highest BCUT2D eigenvalue weighted by Crippen LogP contribution is 2.23. The molecule has 1 aliphatic rings. The SMILES string of the molecule is CC/C=C\C/C=C\C/C=C\C/C=C\C/C=C\CCCC(=O)OCC(COC1OC(C(=O)O)C(O)C(O)C1O)OC(=O)CCCCCCCCC/C=C\CCCCCCCC. The van der Waals surface area contributed by atoms with E-state index in [1.54, 1.807) is 0 Å². The average Bonchev–Trinajstić information content (AvgIpc) is 3.23. The number of rotatable bonds is 37. The lowest BCUT2D eigenvalue weighted by Gasteiger charge is -2.38. The Kier molecular flexibility index (Phi) is 35.1. The van der Waals surface area contributed by atoms with Crippen molar-refractivity contribution in [3.8, 4) is 0 Å². The molecule has 0 aliphatic carbocycles. The third-order valence-corrected chi connectivity index (χ3v) is 10.0. The van der Waals surface area contributed by atoms with E-state index in [2.05, 4.69) is 80.7 Å². The van der Waals surface area contributed by atoms with Gasteiger partial charge in [0.15, 0.2) is 18.5 Å². The normalized spacial score (nSPS) is 20.4. The van der Waals surface area contributed by atoms with Gasteiger partial charge < -0.3 is 39.4 Å². The summed E-state index contributed by atoms with van der Waals surface area (Å²) in [5.74, 6) is -2.53. The Balaban J connectivity index is 2.41. The third-order valence-electron chi connectivity index (χ3n) is 10.0. The molecule has 60 heavy (non-hydrogen) atoms. The molecule has 1 heterocycles. The van der Waals surface area contributed by atoms with Gasteiger partial charge in [0.2, 0.25) is 0 Å². The number of allylic oxidation sites excluding steroid dienone is 12. The molecule has 0 aromatic rings. The fraction of sp³-hybridized carbons (Fsp3) is 0.694. The van der Waals surface area contributed by atoms with Gasteiger partial charge in [0.25, 0.3) is 0 Å². The summed E-state index contributed by atoms with van der Waals surface area (Å²) in [6.07, 6.45) is 39.5. The van der Waals surface area contributed by atoms with Crippen molar-refractivity contribution >= 4 is 17.9 Å². The molecule has 11 heteroatoms. The van der Waals surface area contributed by atoms with E-state index < -0.39 is 61.3 Å². The summed E-state index contributed by atoms with van der Waals surface area (Å²) in [5, 5.41) is 39.8. The van der Waals surface area contributed by atoms with E-state index >= 15 is 0 Å². The Bertz CT molecular complexity index is 1270. The molecule has 0 saturated carbocycles. The maximum Gasteiger partial charge on any atom is 0.335 e. The number of carboxylic acid groups (broad SMARTS) is 1. The van der Waals surface area contributed by atoms with Gasteiger partial charge in [-0.15, -0.1) is 0 Å². The lowest BCUT2D eigenvalue weighted by atomic mass is 9.99. The van der Waals surface area contributed by atoms with Crippen molar-refractivity contribution in [1.29, 1.82) is 0 Å². The fourth-order valence-electron chi connectivity index (χ4n) is 6.44. The summed E-state index contributed by atoms with van der Waals surface area (Å²) in [4.78, 5) is 36.8. The van der Waals surface area contributed by atoms with Crippen LogP contribution in [0.25, 0.3) is 0 Å². The Morgan fingerprint density at radius 1 is 0.533 bits per heavy atom. The topological polar surface area (TPSA) is 169 Å². The van der Waals surface area contributed by atoms with Crippen molar-refractivity contribution in [2.45, 2.75) is 205 Å². The van der Waals surface area contributed by atoms with Crippen LogP contribution in [0.1, 0.15) is 168 Å². The molecular weight excluding hydrogens is 765 g/mol. The summed E-state index contributed by atoms with van der Waals surface area (Å²) in [6, 6.07) is 0. The van der Waals surface area contributed by atoms with Gasteiger partial charge in [0.1, 0.15) is 24.9 Å². The summed E-state index contributed by atoms with van der Waals surface area (Å²) in [6.45, 7) is 3.64. The Morgan fingerprint density at radius 3 is 1.55 bits per heavy atom. The van der Waals surface area contributed by atoms with Gasteiger partial charge in [-0.05, 0) is 77.0 Å². The van der Waals surface area contributed by atoms with Gasteiger partial charge in [0, 0.05) is 12.8 Å². The van der Waals surface area contributed by atoms with Crippen LogP contribution in [0, 0.1) is 0 Å². The zero-order chi connectivity index (χ0) is 43.9. The Labute approximate surface area is 361 Å². The first-order valence-electron chi connectivity index (χ1n) is 23.0. The van der Waals surface area contributed by atoms with E-state index in [1.165, 1.54) is 57.8 Å². The predicted octanol–water partition coefficient (Wildman–Crippen LogP) is 10.1. The van der Waals surface area contributed by atoms with Crippen LogP contribution in [-0.2, 0) is 33.3 Å². The summed E-state index contributed by atoms with van der Waals surface area (Å²) in [7, 11) is 0. The molecule has 6 atom stereocenters. The third kappa shape index (κ3) is 29.8. The van der Waals surface area contributed by atoms with E-state index in [0.717, 1.165) is 64.2 Å². The average molecular weight is 845 g/mol. The van der Waals surface area contributed by atoms with Gasteiger partial charge in [-0.2, -0.15) is 0 Å². The lowest BCUT2D eigenvalue weighted by molar-refractivity contribution is -0.298. The van der Waals surface area contributed by atoms with Crippen LogP contribution < -0.4 is 0 Å².